The molecule has 0 radical (unpaired) electrons. The largest absolute Gasteiger partial charge is 0.434 e. The number of ether oxygens (including phenoxy) is 1. The van der Waals surface area contributed by atoms with Crippen LogP contribution >= 0.6 is 0 Å². The molecular weight excluding hydrogens is 264 g/mol. The van der Waals surface area contributed by atoms with E-state index in [1.807, 2.05) is 0 Å². The first-order valence-corrected chi connectivity index (χ1v) is 6.38. The Hall–Kier alpha value is -2.08. The van der Waals surface area contributed by atoms with Crippen molar-refractivity contribution in [2.75, 3.05) is 0 Å². The Morgan fingerprint density at radius 3 is 2.70 bits per heavy atom. The van der Waals surface area contributed by atoms with Crippen LogP contribution in [0.1, 0.15) is 18.5 Å². The molecule has 1 fully saturated rings. The SMILES string of the molecule is Fc1ccc(Oc2cnc(CNC3CC3)cn2)c(F)c1. The van der Waals surface area contributed by atoms with E-state index >= 15 is 0 Å². The Balaban J connectivity index is 1.64. The van der Waals surface area contributed by atoms with E-state index in [0.29, 0.717) is 12.6 Å². The molecule has 20 heavy (non-hydrogen) atoms. The van der Waals surface area contributed by atoms with Gasteiger partial charge in [-0.15, -0.1) is 0 Å². The van der Waals surface area contributed by atoms with Gasteiger partial charge in [-0.3, -0.25) is 4.98 Å². The zero-order valence-corrected chi connectivity index (χ0v) is 10.6. The molecule has 6 heteroatoms. The second-order valence-electron chi connectivity index (χ2n) is 4.68. The number of benzene rings is 1. The number of aromatic nitrogens is 2. The lowest BCUT2D eigenvalue weighted by molar-refractivity contribution is 0.421. The quantitative estimate of drug-likeness (QED) is 0.913. The van der Waals surface area contributed by atoms with Crippen molar-refractivity contribution in [3.8, 4) is 11.6 Å². The number of nitrogens with one attached hydrogen (secondary N) is 1. The summed E-state index contributed by atoms with van der Waals surface area (Å²) in [6.07, 6.45) is 5.41. The molecule has 0 bridgehead atoms. The van der Waals surface area contributed by atoms with Crippen molar-refractivity contribution in [1.82, 2.24) is 15.3 Å². The topological polar surface area (TPSA) is 47.0 Å². The van der Waals surface area contributed by atoms with Crippen molar-refractivity contribution in [3.63, 3.8) is 0 Å². The molecule has 1 saturated carbocycles. The summed E-state index contributed by atoms with van der Waals surface area (Å²) in [4.78, 5) is 8.23. The lowest BCUT2D eigenvalue weighted by atomic mass is 10.3. The molecule has 1 aliphatic carbocycles. The van der Waals surface area contributed by atoms with Crippen molar-refractivity contribution >= 4 is 0 Å². The maximum Gasteiger partial charge on any atom is 0.237 e. The molecule has 0 saturated heterocycles. The van der Waals surface area contributed by atoms with Crippen LogP contribution in [0.15, 0.2) is 30.6 Å². The molecule has 3 rings (SSSR count). The smallest absolute Gasteiger partial charge is 0.237 e. The van der Waals surface area contributed by atoms with E-state index in [4.69, 9.17) is 4.74 Å². The third-order valence-electron chi connectivity index (χ3n) is 2.94. The van der Waals surface area contributed by atoms with E-state index in [1.54, 1.807) is 6.20 Å². The van der Waals surface area contributed by atoms with E-state index in [9.17, 15) is 8.78 Å². The van der Waals surface area contributed by atoms with Gasteiger partial charge in [0.05, 0.1) is 18.1 Å². The minimum Gasteiger partial charge on any atom is -0.434 e. The van der Waals surface area contributed by atoms with Crippen LogP contribution in [-0.2, 0) is 6.54 Å². The van der Waals surface area contributed by atoms with Crippen molar-refractivity contribution in [3.05, 3.63) is 47.9 Å². The van der Waals surface area contributed by atoms with E-state index in [-0.39, 0.29) is 11.6 Å². The van der Waals surface area contributed by atoms with Gasteiger partial charge in [-0.25, -0.2) is 13.8 Å². The molecule has 0 spiro atoms. The van der Waals surface area contributed by atoms with Crippen LogP contribution in [0.5, 0.6) is 11.6 Å². The third-order valence-corrected chi connectivity index (χ3v) is 2.94. The molecule has 4 nitrogen and oxygen atoms in total. The molecule has 0 atom stereocenters. The Kier molecular flexibility index (Phi) is 3.56. The highest BCUT2D eigenvalue weighted by Gasteiger charge is 2.20. The van der Waals surface area contributed by atoms with Gasteiger partial charge in [0.15, 0.2) is 11.6 Å². The van der Waals surface area contributed by atoms with Crippen LogP contribution in [0.25, 0.3) is 0 Å². The summed E-state index contributed by atoms with van der Waals surface area (Å²) in [7, 11) is 0. The van der Waals surface area contributed by atoms with Crippen molar-refractivity contribution in [1.29, 1.82) is 0 Å². The summed E-state index contributed by atoms with van der Waals surface area (Å²) in [6, 6.07) is 3.70. The average molecular weight is 277 g/mol. The summed E-state index contributed by atoms with van der Waals surface area (Å²) < 4.78 is 31.4. The standard InChI is InChI=1S/C14H13F2N3O/c15-9-1-4-13(12(16)5-9)20-14-8-18-11(7-19-14)6-17-10-2-3-10/h1,4-5,7-8,10,17H,2-3,6H2. The predicted molar refractivity (Wildman–Crippen MR) is 68.3 cm³/mol. The number of halogens is 2. The lowest BCUT2D eigenvalue weighted by Crippen LogP contribution is -2.16. The molecule has 1 N–H and O–H groups in total. The van der Waals surface area contributed by atoms with Crippen LogP contribution in [-0.4, -0.2) is 16.0 Å². The number of hydrogen-bond donors (Lipinski definition) is 1. The van der Waals surface area contributed by atoms with Gasteiger partial charge in [-0.05, 0) is 25.0 Å². The third kappa shape index (κ3) is 3.27. The highest BCUT2D eigenvalue weighted by molar-refractivity contribution is 5.28. The van der Waals surface area contributed by atoms with Gasteiger partial charge in [-0.1, -0.05) is 0 Å². The average Bonchev–Trinajstić information content (AvgIpc) is 3.25. The van der Waals surface area contributed by atoms with Crippen molar-refractivity contribution in [2.24, 2.45) is 0 Å². The van der Waals surface area contributed by atoms with Crippen molar-refractivity contribution in [2.45, 2.75) is 25.4 Å². The van der Waals surface area contributed by atoms with Gasteiger partial charge >= 0.3 is 0 Å². The van der Waals surface area contributed by atoms with Gasteiger partial charge in [0, 0.05) is 18.7 Å². The van der Waals surface area contributed by atoms with E-state index in [1.165, 1.54) is 25.1 Å². The van der Waals surface area contributed by atoms with E-state index in [2.05, 4.69) is 15.3 Å². The van der Waals surface area contributed by atoms with Gasteiger partial charge < -0.3 is 10.1 Å². The minimum atomic E-state index is -0.772. The first-order chi connectivity index (χ1) is 9.70. The van der Waals surface area contributed by atoms with Gasteiger partial charge in [0.1, 0.15) is 5.82 Å². The zero-order chi connectivity index (χ0) is 13.9. The van der Waals surface area contributed by atoms with Crippen LogP contribution in [0, 0.1) is 11.6 Å². The number of hydrogen-bond acceptors (Lipinski definition) is 4. The van der Waals surface area contributed by atoms with Crippen molar-refractivity contribution < 1.29 is 13.5 Å². The minimum absolute atomic E-state index is 0.0791. The fourth-order valence-electron chi connectivity index (χ4n) is 1.69. The second-order valence-corrected chi connectivity index (χ2v) is 4.68. The fraction of sp³-hybridized carbons (Fsp3) is 0.286. The maximum absolute atomic E-state index is 13.4. The summed E-state index contributed by atoms with van der Waals surface area (Å²) in [5, 5.41) is 3.31. The first-order valence-electron chi connectivity index (χ1n) is 6.38. The zero-order valence-electron chi connectivity index (χ0n) is 10.6. The Morgan fingerprint density at radius 2 is 2.05 bits per heavy atom. The second kappa shape index (κ2) is 5.50. The van der Waals surface area contributed by atoms with E-state index in [0.717, 1.165) is 17.8 Å². The number of nitrogens with zero attached hydrogens (tertiary/aromatic N) is 2. The van der Waals surface area contributed by atoms with Crippen LogP contribution in [0.4, 0.5) is 8.78 Å². The highest BCUT2D eigenvalue weighted by atomic mass is 19.1. The fourth-order valence-corrected chi connectivity index (χ4v) is 1.69. The molecular formula is C14H13F2N3O. The van der Waals surface area contributed by atoms with Gasteiger partial charge in [-0.2, -0.15) is 0 Å². The molecule has 1 aromatic heterocycles. The molecule has 1 heterocycles. The normalized spacial score (nSPS) is 14.3. The first kappa shape index (κ1) is 12.9. The lowest BCUT2D eigenvalue weighted by Gasteiger charge is -2.06. The Labute approximate surface area is 114 Å². The van der Waals surface area contributed by atoms with Crippen LogP contribution in [0.3, 0.4) is 0 Å². The molecule has 1 aliphatic rings. The summed E-state index contributed by atoms with van der Waals surface area (Å²) >= 11 is 0. The Morgan fingerprint density at radius 1 is 1.20 bits per heavy atom. The maximum atomic E-state index is 13.4. The van der Waals surface area contributed by atoms with Gasteiger partial charge in [0.2, 0.25) is 5.88 Å². The molecule has 0 aliphatic heterocycles. The predicted octanol–water partition coefficient (Wildman–Crippen LogP) is 2.80. The molecule has 2 aromatic rings. The van der Waals surface area contributed by atoms with Crippen LogP contribution < -0.4 is 10.1 Å². The van der Waals surface area contributed by atoms with Crippen LogP contribution in [0.2, 0.25) is 0 Å². The number of rotatable bonds is 5. The molecule has 0 amide bonds. The summed E-state index contributed by atoms with van der Waals surface area (Å²) in [5.74, 6) is -1.33. The summed E-state index contributed by atoms with van der Waals surface area (Å²) in [6.45, 7) is 0.656. The molecule has 1 aromatic carbocycles. The molecule has 0 unspecified atom stereocenters. The highest BCUT2D eigenvalue weighted by Crippen LogP contribution is 2.23. The monoisotopic (exact) mass is 277 g/mol. The molecule has 104 valence electrons. The Bertz CT molecular complexity index is 600. The van der Waals surface area contributed by atoms with E-state index < -0.39 is 11.6 Å². The van der Waals surface area contributed by atoms with Gasteiger partial charge in [0.25, 0.3) is 0 Å². The summed E-state index contributed by atoms with van der Waals surface area (Å²) in [5.41, 5.74) is 0.795.